The monoisotopic (exact) mass is 286 g/mol. The van der Waals surface area contributed by atoms with E-state index in [1.165, 1.54) is 12.1 Å². The van der Waals surface area contributed by atoms with Crippen molar-refractivity contribution in [3.05, 3.63) is 41.2 Å². The van der Waals surface area contributed by atoms with Gasteiger partial charge in [0.05, 0.1) is 5.69 Å². The van der Waals surface area contributed by atoms with Crippen molar-refractivity contribution in [1.82, 2.24) is 15.5 Å². The molecule has 1 N–H and O–H groups in total. The summed E-state index contributed by atoms with van der Waals surface area (Å²) in [7, 11) is 0. The number of rotatable bonds is 2. The van der Waals surface area contributed by atoms with E-state index >= 15 is 0 Å². The van der Waals surface area contributed by atoms with Crippen LogP contribution in [0.25, 0.3) is 11.3 Å². The van der Waals surface area contributed by atoms with Crippen molar-refractivity contribution in [2.24, 2.45) is 0 Å². The molecule has 4 nitrogen and oxygen atoms in total. The van der Waals surface area contributed by atoms with E-state index in [0.717, 1.165) is 54.4 Å². The van der Waals surface area contributed by atoms with Gasteiger partial charge < -0.3 is 10.2 Å². The SMILES string of the molecule is Cc1c(-c2ccc(F)cc2)nnc(N2CCNCC2)c1C. The number of anilines is 1. The number of nitrogens with zero attached hydrogens (tertiary/aromatic N) is 3. The molecule has 0 atom stereocenters. The van der Waals surface area contributed by atoms with Crippen LogP contribution in [-0.4, -0.2) is 36.4 Å². The van der Waals surface area contributed by atoms with Gasteiger partial charge in [-0.25, -0.2) is 4.39 Å². The van der Waals surface area contributed by atoms with Crippen molar-refractivity contribution in [3.63, 3.8) is 0 Å². The van der Waals surface area contributed by atoms with Crippen LogP contribution < -0.4 is 10.2 Å². The van der Waals surface area contributed by atoms with Gasteiger partial charge in [0.15, 0.2) is 5.82 Å². The minimum atomic E-state index is -0.237. The standard InChI is InChI=1S/C16H19FN4/c1-11-12(2)16(21-9-7-18-8-10-21)20-19-15(11)13-3-5-14(17)6-4-13/h3-6,18H,7-10H2,1-2H3. The molecule has 0 radical (unpaired) electrons. The predicted molar refractivity (Wildman–Crippen MR) is 82.0 cm³/mol. The van der Waals surface area contributed by atoms with Crippen LogP contribution >= 0.6 is 0 Å². The fraction of sp³-hybridized carbons (Fsp3) is 0.375. The van der Waals surface area contributed by atoms with Crippen molar-refractivity contribution in [2.75, 3.05) is 31.1 Å². The quantitative estimate of drug-likeness (QED) is 0.920. The highest BCUT2D eigenvalue weighted by molar-refractivity contribution is 5.66. The Labute approximate surface area is 124 Å². The molecule has 0 amide bonds. The maximum atomic E-state index is 13.0. The van der Waals surface area contributed by atoms with Crippen LogP contribution in [0.5, 0.6) is 0 Å². The summed E-state index contributed by atoms with van der Waals surface area (Å²) in [5, 5.41) is 12.1. The van der Waals surface area contributed by atoms with E-state index in [9.17, 15) is 4.39 Å². The largest absolute Gasteiger partial charge is 0.352 e. The summed E-state index contributed by atoms with van der Waals surface area (Å²) in [5.74, 6) is 0.721. The topological polar surface area (TPSA) is 41.1 Å². The van der Waals surface area contributed by atoms with Gasteiger partial charge in [0, 0.05) is 31.7 Å². The van der Waals surface area contributed by atoms with E-state index in [-0.39, 0.29) is 5.82 Å². The average Bonchev–Trinajstić information content (AvgIpc) is 2.52. The van der Waals surface area contributed by atoms with Crippen LogP contribution in [0.2, 0.25) is 0 Å². The molecule has 0 saturated carbocycles. The Kier molecular flexibility index (Phi) is 3.84. The third-order valence-electron chi connectivity index (χ3n) is 4.03. The Morgan fingerprint density at radius 3 is 2.33 bits per heavy atom. The lowest BCUT2D eigenvalue weighted by molar-refractivity contribution is 0.581. The zero-order valence-corrected chi connectivity index (χ0v) is 12.4. The maximum Gasteiger partial charge on any atom is 0.154 e. The first-order chi connectivity index (χ1) is 10.2. The van der Waals surface area contributed by atoms with Gasteiger partial charge in [-0.3, -0.25) is 0 Å². The normalized spacial score (nSPS) is 15.3. The van der Waals surface area contributed by atoms with Gasteiger partial charge in [0.1, 0.15) is 5.82 Å². The Bertz CT molecular complexity index is 633. The van der Waals surface area contributed by atoms with Crippen LogP contribution in [0.4, 0.5) is 10.2 Å². The third kappa shape index (κ3) is 2.74. The number of hydrogen-bond acceptors (Lipinski definition) is 4. The Morgan fingerprint density at radius 2 is 1.67 bits per heavy atom. The van der Waals surface area contributed by atoms with E-state index in [1.807, 2.05) is 0 Å². The second kappa shape index (κ2) is 5.77. The molecular weight excluding hydrogens is 267 g/mol. The highest BCUT2D eigenvalue weighted by atomic mass is 19.1. The van der Waals surface area contributed by atoms with Gasteiger partial charge >= 0.3 is 0 Å². The molecule has 5 heteroatoms. The van der Waals surface area contributed by atoms with Crippen LogP contribution in [0.15, 0.2) is 24.3 Å². The van der Waals surface area contributed by atoms with Crippen LogP contribution in [0, 0.1) is 19.7 Å². The molecule has 1 aliphatic heterocycles. The predicted octanol–water partition coefficient (Wildman–Crippen LogP) is 2.31. The van der Waals surface area contributed by atoms with Gasteiger partial charge in [-0.2, -0.15) is 0 Å². The number of piperazine rings is 1. The maximum absolute atomic E-state index is 13.0. The summed E-state index contributed by atoms with van der Waals surface area (Å²) in [6, 6.07) is 6.40. The van der Waals surface area contributed by atoms with E-state index < -0.39 is 0 Å². The molecule has 0 spiro atoms. The first-order valence-corrected chi connectivity index (χ1v) is 7.22. The van der Waals surface area contributed by atoms with E-state index in [2.05, 4.69) is 34.3 Å². The van der Waals surface area contributed by atoms with Gasteiger partial charge in [-0.1, -0.05) is 0 Å². The number of benzene rings is 1. The smallest absolute Gasteiger partial charge is 0.154 e. The summed E-state index contributed by atoms with van der Waals surface area (Å²) < 4.78 is 13.0. The van der Waals surface area contributed by atoms with E-state index in [0.29, 0.717) is 0 Å². The molecule has 1 aromatic heterocycles. The lowest BCUT2D eigenvalue weighted by Gasteiger charge is -2.29. The second-order valence-electron chi connectivity index (χ2n) is 5.37. The highest BCUT2D eigenvalue weighted by Crippen LogP contribution is 2.27. The zero-order chi connectivity index (χ0) is 14.8. The minimum Gasteiger partial charge on any atom is -0.352 e. The molecule has 1 fully saturated rings. The fourth-order valence-electron chi connectivity index (χ4n) is 2.65. The highest BCUT2D eigenvalue weighted by Gasteiger charge is 2.18. The molecule has 2 aromatic rings. The fourth-order valence-corrected chi connectivity index (χ4v) is 2.65. The van der Waals surface area contributed by atoms with E-state index in [1.54, 1.807) is 12.1 Å². The molecule has 0 unspecified atom stereocenters. The van der Waals surface area contributed by atoms with E-state index in [4.69, 9.17) is 0 Å². The van der Waals surface area contributed by atoms with Gasteiger partial charge in [-0.05, 0) is 49.2 Å². The number of nitrogens with one attached hydrogen (secondary N) is 1. The second-order valence-corrected chi connectivity index (χ2v) is 5.37. The molecular formula is C16H19FN4. The summed E-state index contributed by atoms with van der Waals surface area (Å²) >= 11 is 0. The lowest BCUT2D eigenvalue weighted by atomic mass is 10.0. The molecule has 3 rings (SSSR count). The Morgan fingerprint density at radius 1 is 1.00 bits per heavy atom. The molecule has 2 heterocycles. The van der Waals surface area contributed by atoms with Gasteiger partial charge in [0.25, 0.3) is 0 Å². The van der Waals surface area contributed by atoms with Crippen LogP contribution in [-0.2, 0) is 0 Å². The Balaban J connectivity index is 1.97. The molecule has 0 bridgehead atoms. The van der Waals surface area contributed by atoms with Crippen molar-refractivity contribution in [2.45, 2.75) is 13.8 Å². The first-order valence-electron chi connectivity index (χ1n) is 7.22. The van der Waals surface area contributed by atoms with Crippen molar-refractivity contribution < 1.29 is 4.39 Å². The van der Waals surface area contributed by atoms with Gasteiger partial charge in [-0.15, -0.1) is 10.2 Å². The summed E-state index contributed by atoms with van der Waals surface area (Å²) in [5.41, 5.74) is 3.97. The van der Waals surface area contributed by atoms with Crippen molar-refractivity contribution >= 4 is 5.82 Å². The zero-order valence-electron chi connectivity index (χ0n) is 12.4. The summed E-state index contributed by atoms with van der Waals surface area (Å²) in [6.07, 6.45) is 0. The number of halogens is 1. The molecule has 1 aromatic carbocycles. The molecule has 1 aliphatic rings. The van der Waals surface area contributed by atoms with Crippen LogP contribution in [0.3, 0.4) is 0 Å². The summed E-state index contributed by atoms with van der Waals surface area (Å²) in [6.45, 7) is 7.97. The van der Waals surface area contributed by atoms with Gasteiger partial charge in [0.2, 0.25) is 0 Å². The van der Waals surface area contributed by atoms with Crippen LogP contribution in [0.1, 0.15) is 11.1 Å². The Hall–Kier alpha value is -2.01. The first kappa shape index (κ1) is 13.9. The number of hydrogen-bond donors (Lipinski definition) is 1. The number of aromatic nitrogens is 2. The third-order valence-corrected chi connectivity index (χ3v) is 4.03. The average molecular weight is 286 g/mol. The molecule has 0 aliphatic carbocycles. The molecule has 21 heavy (non-hydrogen) atoms. The molecule has 1 saturated heterocycles. The van der Waals surface area contributed by atoms with Crippen molar-refractivity contribution in [3.8, 4) is 11.3 Å². The van der Waals surface area contributed by atoms with Crippen molar-refractivity contribution in [1.29, 1.82) is 0 Å². The molecule has 110 valence electrons. The minimum absolute atomic E-state index is 0.237. The lowest BCUT2D eigenvalue weighted by Crippen LogP contribution is -2.44. The summed E-state index contributed by atoms with van der Waals surface area (Å²) in [4.78, 5) is 2.26.